The largest absolute Gasteiger partial charge is 0.494 e. The molecule has 1 N–H and O–H groups in total. The smallest absolute Gasteiger partial charge is 0.303 e. The molecule has 0 aromatic heterocycles. The van der Waals surface area contributed by atoms with Gasteiger partial charge in [0.2, 0.25) is 0 Å². The Morgan fingerprint density at radius 3 is 2.36 bits per heavy atom. The Hall–Kier alpha value is -2.69. The number of ether oxygens (including phenoxy) is 1. The number of carbonyl (C=O) groups excluding carboxylic acids is 1. The fourth-order valence-corrected chi connectivity index (χ4v) is 1.92. The highest BCUT2D eigenvalue weighted by Crippen LogP contribution is 2.17. The zero-order chi connectivity index (χ0) is 15.9. The van der Waals surface area contributed by atoms with Crippen LogP contribution in [0.3, 0.4) is 0 Å². The van der Waals surface area contributed by atoms with Gasteiger partial charge in [-0.05, 0) is 42.8 Å². The van der Waals surface area contributed by atoms with Gasteiger partial charge in [0, 0.05) is 12.0 Å². The maximum atomic E-state index is 13.6. The quantitative estimate of drug-likeness (QED) is 0.629. The molecule has 0 saturated carbocycles. The lowest BCUT2D eigenvalue weighted by molar-refractivity contribution is -0.137. The van der Waals surface area contributed by atoms with Crippen molar-refractivity contribution in [1.29, 1.82) is 0 Å². The van der Waals surface area contributed by atoms with Gasteiger partial charge in [0.25, 0.3) is 0 Å². The topological polar surface area (TPSA) is 63.6 Å². The van der Waals surface area contributed by atoms with Crippen LogP contribution in [0.15, 0.2) is 48.5 Å². The Labute approximate surface area is 127 Å². The third kappa shape index (κ3) is 4.15. The van der Waals surface area contributed by atoms with E-state index in [9.17, 15) is 14.0 Å². The lowest BCUT2D eigenvalue weighted by Crippen LogP contribution is -2.05. The summed E-state index contributed by atoms with van der Waals surface area (Å²) in [5, 5.41) is 8.52. The molecule has 0 heterocycles. The second-order valence-corrected chi connectivity index (χ2v) is 4.68. The molecular formula is C17H15FO4. The van der Waals surface area contributed by atoms with E-state index < -0.39 is 17.6 Å². The number of carbonyl (C=O) groups is 2. The van der Waals surface area contributed by atoms with Crippen molar-refractivity contribution in [2.45, 2.75) is 12.8 Å². The maximum Gasteiger partial charge on any atom is 0.303 e. The van der Waals surface area contributed by atoms with Crippen molar-refractivity contribution >= 4 is 11.8 Å². The first-order valence-corrected chi connectivity index (χ1v) is 6.82. The zero-order valence-corrected chi connectivity index (χ0v) is 11.8. The SMILES string of the molecule is O=C(O)CCCOc1ccc(C(=O)c2ccccc2F)cc1. The second kappa shape index (κ2) is 7.36. The fraction of sp³-hybridized carbons (Fsp3) is 0.176. The number of benzene rings is 2. The van der Waals surface area contributed by atoms with E-state index in [0.717, 1.165) is 0 Å². The fourth-order valence-electron chi connectivity index (χ4n) is 1.92. The van der Waals surface area contributed by atoms with Crippen LogP contribution in [-0.4, -0.2) is 23.5 Å². The van der Waals surface area contributed by atoms with Crippen molar-refractivity contribution in [1.82, 2.24) is 0 Å². The molecule has 0 aliphatic rings. The maximum absolute atomic E-state index is 13.6. The Morgan fingerprint density at radius 1 is 1.05 bits per heavy atom. The minimum Gasteiger partial charge on any atom is -0.494 e. The van der Waals surface area contributed by atoms with Crippen molar-refractivity contribution in [3.63, 3.8) is 0 Å². The summed E-state index contributed by atoms with van der Waals surface area (Å²) in [6.07, 6.45) is 0.453. The molecule has 2 rings (SSSR count). The molecule has 0 fully saturated rings. The van der Waals surface area contributed by atoms with Gasteiger partial charge in [-0.25, -0.2) is 4.39 Å². The number of ketones is 1. The number of rotatable bonds is 7. The van der Waals surface area contributed by atoms with Gasteiger partial charge in [0.1, 0.15) is 11.6 Å². The predicted octanol–water partition coefficient (Wildman–Crippen LogP) is 3.30. The van der Waals surface area contributed by atoms with E-state index in [1.165, 1.54) is 18.2 Å². The van der Waals surface area contributed by atoms with Gasteiger partial charge in [-0.2, -0.15) is 0 Å². The molecule has 0 aliphatic heterocycles. The summed E-state index contributed by atoms with van der Waals surface area (Å²) >= 11 is 0. The van der Waals surface area contributed by atoms with Gasteiger partial charge in [0.15, 0.2) is 5.78 Å². The summed E-state index contributed by atoms with van der Waals surface area (Å²) in [6.45, 7) is 0.285. The molecular weight excluding hydrogens is 287 g/mol. The first kappa shape index (κ1) is 15.7. The summed E-state index contributed by atoms with van der Waals surface area (Å²) < 4.78 is 19.0. The molecule has 5 heteroatoms. The number of hydrogen-bond donors (Lipinski definition) is 1. The van der Waals surface area contributed by atoms with Crippen LogP contribution in [0.1, 0.15) is 28.8 Å². The van der Waals surface area contributed by atoms with E-state index in [2.05, 4.69) is 0 Å². The molecule has 0 radical (unpaired) electrons. The molecule has 2 aromatic rings. The van der Waals surface area contributed by atoms with Crippen LogP contribution in [0.2, 0.25) is 0 Å². The summed E-state index contributed by atoms with van der Waals surface area (Å²) in [6, 6.07) is 12.1. The molecule has 2 aromatic carbocycles. The summed E-state index contributed by atoms with van der Waals surface area (Å²) in [5.74, 6) is -1.28. The highest BCUT2D eigenvalue weighted by Gasteiger charge is 2.13. The van der Waals surface area contributed by atoms with Crippen molar-refractivity contribution < 1.29 is 23.8 Å². The van der Waals surface area contributed by atoms with Crippen LogP contribution in [0.4, 0.5) is 4.39 Å². The van der Waals surface area contributed by atoms with E-state index >= 15 is 0 Å². The molecule has 0 saturated heterocycles. The normalized spacial score (nSPS) is 10.2. The van der Waals surface area contributed by atoms with Gasteiger partial charge >= 0.3 is 5.97 Å². The van der Waals surface area contributed by atoms with Crippen molar-refractivity contribution in [3.8, 4) is 5.75 Å². The lowest BCUT2D eigenvalue weighted by atomic mass is 10.0. The Kier molecular flexibility index (Phi) is 5.25. The van der Waals surface area contributed by atoms with Crippen LogP contribution >= 0.6 is 0 Å². The minimum atomic E-state index is -0.866. The standard InChI is InChI=1S/C17H15FO4/c18-15-5-2-1-4-14(15)17(21)12-7-9-13(10-8-12)22-11-3-6-16(19)20/h1-2,4-5,7-10H,3,6,11H2,(H,19,20). The average molecular weight is 302 g/mol. The third-order valence-electron chi connectivity index (χ3n) is 3.04. The minimum absolute atomic E-state index is 0.0256. The number of carboxylic acid groups (broad SMARTS) is 1. The molecule has 0 atom stereocenters. The van der Waals surface area contributed by atoms with Gasteiger partial charge in [0.05, 0.1) is 12.2 Å². The molecule has 0 unspecified atom stereocenters. The third-order valence-corrected chi connectivity index (χ3v) is 3.04. The Bertz CT molecular complexity index is 665. The van der Waals surface area contributed by atoms with Crippen LogP contribution in [0.25, 0.3) is 0 Å². The molecule has 0 spiro atoms. The molecule has 22 heavy (non-hydrogen) atoms. The summed E-state index contributed by atoms with van der Waals surface area (Å²) in [4.78, 5) is 22.5. The number of carboxylic acids is 1. The van der Waals surface area contributed by atoms with Gasteiger partial charge < -0.3 is 9.84 Å². The molecule has 0 aliphatic carbocycles. The predicted molar refractivity (Wildman–Crippen MR) is 78.6 cm³/mol. The van der Waals surface area contributed by atoms with Crippen molar-refractivity contribution in [2.24, 2.45) is 0 Å². The highest BCUT2D eigenvalue weighted by atomic mass is 19.1. The summed E-state index contributed by atoms with van der Waals surface area (Å²) in [7, 11) is 0. The first-order valence-electron chi connectivity index (χ1n) is 6.82. The van der Waals surface area contributed by atoms with Crippen molar-refractivity contribution in [2.75, 3.05) is 6.61 Å². The van der Waals surface area contributed by atoms with Crippen molar-refractivity contribution in [3.05, 3.63) is 65.5 Å². The van der Waals surface area contributed by atoms with E-state index in [-0.39, 0.29) is 18.6 Å². The van der Waals surface area contributed by atoms with Crippen LogP contribution < -0.4 is 4.74 Å². The van der Waals surface area contributed by atoms with E-state index in [0.29, 0.717) is 17.7 Å². The van der Waals surface area contributed by atoms with E-state index in [4.69, 9.17) is 9.84 Å². The van der Waals surface area contributed by atoms with Gasteiger partial charge in [-0.3, -0.25) is 9.59 Å². The van der Waals surface area contributed by atoms with Gasteiger partial charge in [-0.15, -0.1) is 0 Å². The Balaban J connectivity index is 1.98. The Morgan fingerprint density at radius 2 is 1.73 bits per heavy atom. The number of halogens is 1. The van der Waals surface area contributed by atoms with Crippen LogP contribution in [0, 0.1) is 5.82 Å². The monoisotopic (exact) mass is 302 g/mol. The molecule has 114 valence electrons. The first-order chi connectivity index (χ1) is 10.6. The number of hydrogen-bond acceptors (Lipinski definition) is 3. The summed E-state index contributed by atoms with van der Waals surface area (Å²) in [5.41, 5.74) is 0.389. The lowest BCUT2D eigenvalue weighted by Gasteiger charge is -2.07. The van der Waals surface area contributed by atoms with Crippen LogP contribution in [0.5, 0.6) is 5.75 Å². The van der Waals surface area contributed by atoms with Gasteiger partial charge in [-0.1, -0.05) is 12.1 Å². The second-order valence-electron chi connectivity index (χ2n) is 4.68. The van der Waals surface area contributed by atoms with E-state index in [1.807, 2.05) is 0 Å². The van der Waals surface area contributed by atoms with E-state index in [1.54, 1.807) is 30.3 Å². The molecule has 4 nitrogen and oxygen atoms in total. The highest BCUT2D eigenvalue weighted by molar-refractivity contribution is 6.09. The average Bonchev–Trinajstić information content (AvgIpc) is 2.52. The molecule has 0 bridgehead atoms. The molecule has 0 amide bonds. The number of aliphatic carboxylic acids is 1. The zero-order valence-electron chi connectivity index (χ0n) is 11.8. The van der Waals surface area contributed by atoms with Crippen LogP contribution in [-0.2, 0) is 4.79 Å².